The van der Waals surface area contributed by atoms with Crippen molar-refractivity contribution >= 4 is 9.84 Å². The van der Waals surface area contributed by atoms with Gasteiger partial charge in [-0.05, 0) is 18.1 Å². The Kier molecular flexibility index (Phi) is 6.90. The Morgan fingerprint density at radius 2 is 2.11 bits per heavy atom. The molecule has 0 aliphatic rings. The van der Waals surface area contributed by atoms with E-state index >= 15 is 0 Å². The molecule has 1 rings (SSSR count). The number of unbranched alkanes of at least 4 members (excludes halogenated alkanes) is 2. The summed E-state index contributed by atoms with van der Waals surface area (Å²) in [5.41, 5.74) is 1.07. The summed E-state index contributed by atoms with van der Waals surface area (Å²) in [4.78, 5) is 4.00. The molecule has 0 spiro atoms. The smallest absolute Gasteiger partial charge is 0.151 e. The zero-order valence-corrected chi connectivity index (χ0v) is 11.7. The van der Waals surface area contributed by atoms with Crippen LogP contribution in [0.5, 0.6) is 0 Å². The van der Waals surface area contributed by atoms with Crippen LogP contribution in [0.15, 0.2) is 24.5 Å². The van der Waals surface area contributed by atoms with Crippen molar-refractivity contribution in [1.29, 1.82) is 0 Å². The first-order chi connectivity index (χ1) is 8.64. The minimum absolute atomic E-state index is 0.219. The number of hydrogen-bond acceptors (Lipinski definition) is 4. The molecule has 4 nitrogen and oxygen atoms in total. The first-order valence-corrected chi connectivity index (χ1v) is 8.26. The molecule has 18 heavy (non-hydrogen) atoms. The minimum Gasteiger partial charge on any atom is -0.312 e. The lowest BCUT2D eigenvalue weighted by molar-refractivity contribution is 0.585. The van der Waals surface area contributed by atoms with Crippen molar-refractivity contribution in [2.75, 3.05) is 18.1 Å². The average molecular weight is 270 g/mol. The predicted octanol–water partition coefficient (Wildman–Crippen LogP) is 1.78. The van der Waals surface area contributed by atoms with E-state index in [1.54, 1.807) is 12.4 Å². The lowest BCUT2D eigenvalue weighted by Crippen LogP contribution is -2.24. The van der Waals surface area contributed by atoms with Crippen molar-refractivity contribution in [3.8, 4) is 0 Å². The van der Waals surface area contributed by atoms with Gasteiger partial charge in [-0.2, -0.15) is 0 Å². The van der Waals surface area contributed by atoms with Crippen LogP contribution in [-0.2, 0) is 16.4 Å². The van der Waals surface area contributed by atoms with Gasteiger partial charge in [-0.1, -0.05) is 25.8 Å². The fourth-order valence-corrected chi connectivity index (χ4v) is 2.94. The molecular weight excluding hydrogens is 248 g/mol. The second-order valence-corrected chi connectivity index (χ2v) is 6.70. The van der Waals surface area contributed by atoms with Crippen molar-refractivity contribution in [2.45, 2.75) is 32.7 Å². The van der Waals surface area contributed by atoms with E-state index in [4.69, 9.17) is 0 Å². The molecule has 0 saturated heterocycles. The molecule has 0 unspecified atom stereocenters. The van der Waals surface area contributed by atoms with Crippen LogP contribution in [0.3, 0.4) is 0 Å². The van der Waals surface area contributed by atoms with Crippen LogP contribution in [0, 0.1) is 0 Å². The van der Waals surface area contributed by atoms with Gasteiger partial charge < -0.3 is 5.32 Å². The number of aromatic nitrogens is 1. The van der Waals surface area contributed by atoms with Gasteiger partial charge in [0.2, 0.25) is 0 Å². The fraction of sp³-hybridized carbons (Fsp3) is 0.615. The highest BCUT2D eigenvalue weighted by atomic mass is 32.2. The third kappa shape index (κ3) is 6.71. The highest BCUT2D eigenvalue weighted by Crippen LogP contribution is 2.00. The number of sulfone groups is 1. The van der Waals surface area contributed by atoms with Crippen molar-refractivity contribution in [3.63, 3.8) is 0 Å². The predicted molar refractivity (Wildman–Crippen MR) is 74.1 cm³/mol. The summed E-state index contributed by atoms with van der Waals surface area (Å²) in [7, 11) is -2.89. The molecule has 0 amide bonds. The number of nitrogens with zero attached hydrogens (tertiary/aromatic N) is 1. The van der Waals surface area contributed by atoms with Crippen LogP contribution < -0.4 is 5.32 Å². The number of nitrogens with one attached hydrogen (secondary N) is 1. The van der Waals surface area contributed by atoms with Gasteiger partial charge in [0.25, 0.3) is 0 Å². The Labute approximate surface area is 110 Å². The third-order valence-corrected chi connectivity index (χ3v) is 4.44. The highest BCUT2D eigenvalue weighted by molar-refractivity contribution is 7.91. The summed E-state index contributed by atoms with van der Waals surface area (Å²) in [6.07, 6.45) is 6.32. The lowest BCUT2D eigenvalue weighted by atomic mass is 10.3. The first kappa shape index (κ1) is 15.1. The number of rotatable bonds is 9. The molecule has 0 radical (unpaired) electrons. The van der Waals surface area contributed by atoms with Crippen LogP contribution in [-0.4, -0.2) is 31.5 Å². The zero-order chi connectivity index (χ0) is 13.3. The molecule has 1 aromatic heterocycles. The Morgan fingerprint density at radius 3 is 2.78 bits per heavy atom. The molecule has 0 bridgehead atoms. The molecule has 1 aromatic rings. The van der Waals surface area contributed by atoms with E-state index in [2.05, 4.69) is 17.2 Å². The van der Waals surface area contributed by atoms with Gasteiger partial charge in [0.15, 0.2) is 9.84 Å². The molecule has 0 aliphatic heterocycles. The number of pyridine rings is 1. The van der Waals surface area contributed by atoms with E-state index in [1.165, 1.54) is 0 Å². The van der Waals surface area contributed by atoms with E-state index in [-0.39, 0.29) is 5.75 Å². The first-order valence-electron chi connectivity index (χ1n) is 6.44. The topological polar surface area (TPSA) is 59.1 Å². The van der Waals surface area contributed by atoms with E-state index < -0.39 is 9.84 Å². The van der Waals surface area contributed by atoms with Crippen LogP contribution in [0.4, 0.5) is 0 Å². The van der Waals surface area contributed by atoms with Gasteiger partial charge in [0.05, 0.1) is 11.5 Å². The molecule has 0 aromatic carbocycles. The van der Waals surface area contributed by atoms with E-state index in [0.29, 0.717) is 18.8 Å². The quantitative estimate of drug-likeness (QED) is 0.695. The van der Waals surface area contributed by atoms with E-state index in [0.717, 1.165) is 24.8 Å². The van der Waals surface area contributed by atoms with Crippen molar-refractivity contribution in [3.05, 3.63) is 30.1 Å². The maximum atomic E-state index is 11.7. The van der Waals surface area contributed by atoms with Crippen molar-refractivity contribution in [1.82, 2.24) is 10.3 Å². The second-order valence-electron chi connectivity index (χ2n) is 4.40. The van der Waals surface area contributed by atoms with Gasteiger partial charge in [0.1, 0.15) is 0 Å². The maximum Gasteiger partial charge on any atom is 0.151 e. The maximum absolute atomic E-state index is 11.7. The molecule has 102 valence electrons. The van der Waals surface area contributed by atoms with E-state index in [9.17, 15) is 8.42 Å². The Bertz CT molecular complexity index is 418. The summed E-state index contributed by atoms with van der Waals surface area (Å²) in [5.74, 6) is 0.534. The van der Waals surface area contributed by atoms with Gasteiger partial charge in [-0.3, -0.25) is 4.98 Å². The molecule has 0 fully saturated rings. The largest absolute Gasteiger partial charge is 0.312 e. The molecular formula is C13H22N2O2S. The molecule has 0 aliphatic carbocycles. The van der Waals surface area contributed by atoms with Gasteiger partial charge >= 0.3 is 0 Å². The summed E-state index contributed by atoms with van der Waals surface area (Å²) in [6, 6.07) is 3.84. The minimum atomic E-state index is -2.89. The third-order valence-electron chi connectivity index (χ3n) is 2.70. The van der Waals surface area contributed by atoms with Crippen LogP contribution in [0.2, 0.25) is 0 Å². The second kappa shape index (κ2) is 8.21. The summed E-state index contributed by atoms with van der Waals surface area (Å²) in [5, 5.41) is 3.13. The molecule has 1 heterocycles. The molecule has 1 N–H and O–H groups in total. The Morgan fingerprint density at radius 1 is 1.28 bits per heavy atom. The SMILES string of the molecule is CCCCCS(=O)(=O)CCNCc1cccnc1. The van der Waals surface area contributed by atoms with Gasteiger partial charge in [-0.25, -0.2) is 8.42 Å². The summed E-state index contributed by atoms with van der Waals surface area (Å²) >= 11 is 0. The summed E-state index contributed by atoms with van der Waals surface area (Å²) < 4.78 is 23.3. The zero-order valence-electron chi connectivity index (χ0n) is 10.9. The van der Waals surface area contributed by atoms with Crippen LogP contribution in [0.25, 0.3) is 0 Å². The monoisotopic (exact) mass is 270 g/mol. The van der Waals surface area contributed by atoms with Crippen molar-refractivity contribution in [2.24, 2.45) is 0 Å². The van der Waals surface area contributed by atoms with Crippen LogP contribution >= 0.6 is 0 Å². The van der Waals surface area contributed by atoms with Crippen LogP contribution in [0.1, 0.15) is 31.7 Å². The lowest BCUT2D eigenvalue weighted by Gasteiger charge is -2.06. The summed E-state index contributed by atoms with van der Waals surface area (Å²) in [6.45, 7) is 3.24. The molecule has 0 atom stereocenters. The van der Waals surface area contributed by atoms with Gasteiger partial charge in [-0.15, -0.1) is 0 Å². The van der Waals surface area contributed by atoms with E-state index in [1.807, 2.05) is 12.1 Å². The average Bonchev–Trinajstić information content (AvgIpc) is 2.36. The van der Waals surface area contributed by atoms with Gasteiger partial charge in [0, 0.05) is 25.5 Å². The Balaban J connectivity index is 2.17. The number of hydrogen-bond donors (Lipinski definition) is 1. The Hall–Kier alpha value is -0.940. The standard InChI is InChI=1S/C13H22N2O2S/c1-2-3-4-9-18(16,17)10-8-15-12-13-6-5-7-14-11-13/h5-7,11,15H,2-4,8-10,12H2,1H3. The highest BCUT2D eigenvalue weighted by Gasteiger charge is 2.09. The molecule has 5 heteroatoms. The van der Waals surface area contributed by atoms with Crippen molar-refractivity contribution < 1.29 is 8.42 Å². The molecule has 0 saturated carbocycles. The fourth-order valence-electron chi connectivity index (χ4n) is 1.64. The normalized spacial score (nSPS) is 11.6.